The quantitative estimate of drug-likeness (QED) is 0.0524. The summed E-state index contributed by atoms with van der Waals surface area (Å²) in [5, 5.41) is 25.1. The number of aromatic nitrogens is 8. The molecule has 0 radical (unpaired) electrons. The lowest BCUT2D eigenvalue weighted by Gasteiger charge is -2.10. The second kappa shape index (κ2) is 44.4. The SMILES string of the molecule is COC1=NCCOCC1.Cc1cnc(N)s1.Cc1cnc(NC(=O)c2ccc3c(=O)n4c(nc3c2)CCOCC4)s1.Nc1cc(C(=O)O)ccc1OC=O.O=C(Cl)c1ccc2c(=O)n3c(nc2c1)CCOCC3.O=C(O)c1ccc2c(=O)n3c(nc2c1)CCOCC3.O=C1CCOCCN1.O=S(Cl)Cl.[2H]CF. The molecule has 39 heteroatoms. The van der Waals surface area contributed by atoms with E-state index in [0.717, 1.165) is 41.8 Å². The van der Waals surface area contributed by atoms with E-state index in [9.17, 15) is 47.5 Å². The van der Waals surface area contributed by atoms with Crippen molar-refractivity contribution in [1.82, 2.24) is 43.9 Å². The summed E-state index contributed by atoms with van der Waals surface area (Å²) in [6, 6.07) is 17.9. The average molecular weight is 1590 g/mol. The van der Waals surface area contributed by atoms with Crippen LogP contribution in [0.3, 0.4) is 0 Å². The zero-order valence-corrected chi connectivity index (χ0v) is 62.0. The summed E-state index contributed by atoms with van der Waals surface area (Å²) < 4.78 is 65.1. The lowest BCUT2D eigenvalue weighted by atomic mass is 10.1. The number of ether oxygens (including phenoxy) is 7. The Balaban J connectivity index is 0.000000200. The molecule has 5 aliphatic rings. The number of aryl methyl sites for hydroxylation is 2. The number of fused-ring (bicyclic) bond motifs is 6. The highest BCUT2D eigenvalue weighted by molar-refractivity contribution is 8.26. The molecular weight excluding hydrogens is 1510 g/mol. The molecule has 568 valence electrons. The number of carboxylic acids is 2. The van der Waals surface area contributed by atoms with Crippen molar-refractivity contribution in [2.75, 3.05) is 110 Å². The number of hydrogen-bond donors (Lipinski definition) is 6. The van der Waals surface area contributed by atoms with Gasteiger partial charge >= 0.3 is 11.9 Å². The van der Waals surface area contributed by atoms with Gasteiger partial charge in [-0.15, -0.1) is 22.7 Å². The highest BCUT2D eigenvalue weighted by Gasteiger charge is 2.20. The van der Waals surface area contributed by atoms with Crippen LogP contribution in [0.1, 0.15) is 82.9 Å². The summed E-state index contributed by atoms with van der Waals surface area (Å²) in [6.45, 7) is 12.9. The van der Waals surface area contributed by atoms with Crippen LogP contribution in [0.25, 0.3) is 32.7 Å². The Morgan fingerprint density at radius 3 is 1.52 bits per heavy atom. The van der Waals surface area contributed by atoms with Crippen molar-refractivity contribution in [2.45, 2.75) is 65.6 Å². The van der Waals surface area contributed by atoms with E-state index >= 15 is 0 Å². The van der Waals surface area contributed by atoms with Crippen LogP contribution < -0.4 is 43.5 Å². The number of aliphatic imine (C=N–C) groups is 1. The summed E-state index contributed by atoms with van der Waals surface area (Å²) in [5.41, 5.74) is 12.9. The number of anilines is 3. The number of thiazole rings is 2. The molecule has 0 unspecified atom stereocenters. The number of aromatic carboxylic acids is 2. The molecule has 106 heavy (non-hydrogen) atoms. The number of methoxy groups -OCH3 is 1. The summed E-state index contributed by atoms with van der Waals surface area (Å²) in [7, 11) is 8.00. The predicted molar refractivity (Wildman–Crippen MR) is 399 cm³/mol. The van der Waals surface area contributed by atoms with Gasteiger partial charge in [-0.25, -0.2) is 38.7 Å². The van der Waals surface area contributed by atoms with Crippen LogP contribution in [0.15, 0.2) is 105 Å². The molecule has 0 saturated carbocycles. The first-order chi connectivity index (χ1) is 51.4. The van der Waals surface area contributed by atoms with Gasteiger partial charge in [-0.2, -0.15) is 0 Å². The molecule has 0 atom stereocenters. The molecule has 32 nitrogen and oxygen atoms in total. The maximum absolute atomic E-state index is 12.7. The Labute approximate surface area is 629 Å². The molecule has 5 aromatic heterocycles. The molecule has 0 bridgehead atoms. The minimum Gasteiger partial charge on any atom is -0.484 e. The number of rotatable bonds is 7. The zero-order valence-electron chi connectivity index (χ0n) is 58.3. The van der Waals surface area contributed by atoms with Gasteiger partial charge in [-0.05, 0) is 98.2 Å². The highest BCUT2D eigenvalue weighted by Crippen LogP contribution is 2.23. The van der Waals surface area contributed by atoms with E-state index < -0.39 is 33.6 Å². The number of nitrogens with zero attached hydrogens (tertiary/aromatic N) is 9. The van der Waals surface area contributed by atoms with Crippen LogP contribution in [-0.2, 0) is 86.1 Å². The first-order valence-electron chi connectivity index (χ1n) is 32.6. The average Bonchev–Trinajstić information content (AvgIpc) is 1.65. The first-order valence-corrected chi connectivity index (χ1v) is 36.7. The summed E-state index contributed by atoms with van der Waals surface area (Å²) >= 11 is 8.36. The molecule has 5 aliphatic heterocycles. The molecule has 1 saturated heterocycles. The van der Waals surface area contributed by atoms with Gasteiger partial charge in [-0.3, -0.25) is 62.0 Å². The van der Waals surface area contributed by atoms with Crippen LogP contribution in [0.4, 0.5) is 20.3 Å². The zero-order chi connectivity index (χ0) is 78.0. The monoisotopic (exact) mass is 1590 g/mol. The van der Waals surface area contributed by atoms with Gasteiger partial charge in [-0.1, -0.05) is 0 Å². The van der Waals surface area contributed by atoms with Crippen molar-refractivity contribution < 1.29 is 82.1 Å². The van der Waals surface area contributed by atoms with Crippen LogP contribution in [0, 0.1) is 13.8 Å². The molecule has 8 N–H and O–H groups in total. The third-order valence-electron chi connectivity index (χ3n) is 14.8. The van der Waals surface area contributed by atoms with Gasteiger partial charge in [0, 0.05) is 93.3 Å². The van der Waals surface area contributed by atoms with E-state index in [-0.39, 0.29) is 57.5 Å². The van der Waals surface area contributed by atoms with Crippen LogP contribution in [0.2, 0.25) is 0 Å². The molecule has 2 amide bonds. The minimum absolute atomic E-state index is 0.0516. The van der Waals surface area contributed by atoms with Gasteiger partial charge in [0.25, 0.3) is 34.3 Å². The molecule has 10 heterocycles. The first kappa shape index (κ1) is 83.7. The smallest absolute Gasteiger partial charge is 0.335 e. The van der Waals surface area contributed by atoms with Gasteiger partial charge in [0.15, 0.2) is 21.9 Å². The van der Waals surface area contributed by atoms with Gasteiger partial charge in [0.05, 0.1) is 157 Å². The number of carbonyl (C=O) groups is 6. The molecule has 9 aromatic rings. The van der Waals surface area contributed by atoms with E-state index in [1.807, 2.05) is 13.8 Å². The summed E-state index contributed by atoms with van der Waals surface area (Å²) in [5.74, 6) is 0.729. The Kier molecular flexibility index (Phi) is 35.0. The number of nitrogens with one attached hydrogen (secondary N) is 2. The summed E-state index contributed by atoms with van der Waals surface area (Å²) in [4.78, 5) is 130. The van der Waals surface area contributed by atoms with E-state index in [1.54, 1.807) is 69.6 Å². The fraction of sp³-hybridized carbons (Fsp3) is 0.358. The van der Waals surface area contributed by atoms with Crippen molar-refractivity contribution in [1.29, 1.82) is 0 Å². The lowest BCUT2D eigenvalue weighted by Crippen LogP contribution is -2.25. The van der Waals surface area contributed by atoms with Gasteiger partial charge in [0.2, 0.25) is 15.1 Å². The number of halogens is 4. The standard InChI is InChI=1S/C17H16N4O3S.C13H11ClN2O3.C13H12N2O4.C8H7NO4.C6H11NO2.C5H9NO2.C4H6N2S.CH3F.Cl2OS/c1-10-9-18-17(25-10)20-15(22)11-2-3-12-13(8-11)19-14-4-6-24-7-5-21(14)16(12)23;14-12(17)8-1-2-9-10(7-8)15-11-3-5-19-6-4-16(11)13(9)18;16-12-9-2-1-8(13(17)18)7-10(9)14-11-3-5-19-6-4-15(11)12;9-6-3-5(8(11)12)1-2-7(6)13-4-10;1-8-6-2-4-9-5-3-7-6;7-5-1-3-8-4-2-6-5;1-3-2-6-4(5)7-3;1-2;1-4(2)3/h2-3,8-9H,4-7H2,1H3,(H,18,20,22);1-2,7H,3-6H2;1-2,7H,3-6H2,(H,17,18);1-4H,9H2,(H,11,12);2-5H2,1H3;1-4H2,(H,6,7);2H,1H3,(H2,5,6);1H3;/i;;;;;;;1D;. The third kappa shape index (κ3) is 26.8. The number of alkyl halides is 1. The second-order valence-corrected chi connectivity index (χ2v) is 27.2. The Hall–Kier alpha value is -9.60. The fourth-order valence-corrected chi connectivity index (χ4v) is 11.2. The molecule has 4 aromatic carbocycles. The minimum atomic E-state index is -1.67. The molecular formula is C67H75Cl3FN13O19S3. The third-order valence-corrected chi connectivity index (χ3v) is 16.6. The van der Waals surface area contributed by atoms with Crippen LogP contribution in [0.5, 0.6) is 5.75 Å². The Morgan fingerprint density at radius 2 is 1.08 bits per heavy atom. The van der Waals surface area contributed by atoms with Crippen molar-refractivity contribution in [3.8, 4) is 5.75 Å². The predicted octanol–water partition coefficient (Wildman–Crippen LogP) is 7.14. The molecule has 1 fully saturated rings. The maximum atomic E-state index is 12.7. The Morgan fingerprint density at radius 1 is 0.642 bits per heavy atom. The molecule has 0 aliphatic carbocycles. The number of benzene rings is 4. The fourth-order valence-electron chi connectivity index (χ4n) is 9.88. The normalized spacial score (nSPS) is 14.3. The van der Waals surface area contributed by atoms with Crippen molar-refractivity contribution >= 4 is 155 Å². The summed E-state index contributed by atoms with van der Waals surface area (Å²) in [6.07, 6.45) is 6.53. The number of nitrogens with two attached hydrogens (primary N) is 2. The lowest BCUT2D eigenvalue weighted by molar-refractivity contribution is -0.121. The van der Waals surface area contributed by atoms with Crippen molar-refractivity contribution in [3.05, 3.63) is 166 Å². The topological polar surface area (TPSA) is 443 Å². The van der Waals surface area contributed by atoms with Crippen LogP contribution in [-0.4, -0.2) is 188 Å². The highest BCUT2D eigenvalue weighted by atomic mass is 36.0. The number of nitrogen functional groups attached to an aromatic ring is 2. The number of amides is 2. The second-order valence-electron chi connectivity index (χ2n) is 21.9. The number of carboxylic acid groups (broad SMARTS) is 2. The van der Waals surface area contributed by atoms with E-state index in [2.05, 4.69) is 66.6 Å². The number of carbonyl (C=O) groups excluding carboxylic acids is 4. The van der Waals surface area contributed by atoms with Crippen molar-refractivity contribution in [3.63, 3.8) is 0 Å². The number of hydrogen-bond acceptors (Lipinski definition) is 27. The van der Waals surface area contributed by atoms with E-state index in [0.29, 0.717) is 176 Å². The van der Waals surface area contributed by atoms with Gasteiger partial charge < -0.3 is 60.2 Å². The van der Waals surface area contributed by atoms with E-state index in [1.165, 1.54) is 59.1 Å². The van der Waals surface area contributed by atoms with Crippen LogP contribution >= 0.6 is 55.6 Å². The van der Waals surface area contributed by atoms with Crippen molar-refractivity contribution in [2.24, 2.45) is 4.99 Å². The Bertz CT molecular complexity index is 4640. The molecule has 0 spiro atoms. The molecule has 14 rings (SSSR count). The maximum Gasteiger partial charge on any atom is 0.335 e. The van der Waals surface area contributed by atoms with Gasteiger partial charge in [0.1, 0.15) is 17.5 Å². The van der Waals surface area contributed by atoms with E-state index in [4.69, 9.17) is 67.3 Å². The largest absolute Gasteiger partial charge is 0.484 e.